The molecule has 0 heterocycles. The lowest BCUT2D eigenvalue weighted by atomic mass is 10.1. The second-order valence-electron chi connectivity index (χ2n) is 3.44. The second kappa shape index (κ2) is 5.59. The van der Waals surface area contributed by atoms with Crippen LogP contribution in [0.3, 0.4) is 0 Å². The molecule has 1 aromatic rings. The van der Waals surface area contributed by atoms with Crippen LogP contribution in [0.1, 0.15) is 25.3 Å². The molecular formula is C11H14Cl2O. The summed E-state index contributed by atoms with van der Waals surface area (Å²) in [6, 6.07) is 5.51. The first kappa shape index (κ1) is 11.8. The summed E-state index contributed by atoms with van der Waals surface area (Å²) in [5.41, 5.74) is 0.983. The van der Waals surface area contributed by atoms with Gasteiger partial charge < -0.3 is 5.11 Å². The summed E-state index contributed by atoms with van der Waals surface area (Å²) in [6.07, 6.45) is 2.25. The molecule has 1 N–H and O–H groups in total. The maximum atomic E-state index is 9.10. The molecule has 0 saturated carbocycles. The molecule has 0 aliphatic heterocycles. The van der Waals surface area contributed by atoms with Gasteiger partial charge in [0.05, 0.1) is 6.10 Å². The van der Waals surface area contributed by atoms with Crippen LogP contribution in [0, 0.1) is 0 Å². The first-order chi connectivity index (χ1) is 6.61. The zero-order chi connectivity index (χ0) is 10.6. The van der Waals surface area contributed by atoms with E-state index in [0.717, 1.165) is 24.8 Å². The molecule has 0 aliphatic rings. The predicted octanol–water partition coefficient (Wildman–Crippen LogP) is 3.70. The molecule has 1 unspecified atom stereocenters. The molecule has 0 saturated heterocycles. The van der Waals surface area contributed by atoms with Crippen LogP contribution < -0.4 is 0 Å². The second-order valence-corrected chi connectivity index (χ2v) is 4.26. The van der Waals surface area contributed by atoms with Crippen molar-refractivity contribution in [2.24, 2.45) is 0 Å². The topological polar surface area (TPSA) is 20.2 Å². The Kier molecular flexibility index (Phi) is 4.73. The van der Waals surface area contributed by atoms with Crippen molar-refractivity contribution in [3.63, 3.8) is 0 Å². The highest BCUT2D eigenvalue weighted by atomic mass is 35.5. The third-order valence-electron chi connectivity index (χ3n) is 2.11. The van der Waals surface area contributed by atoms with Crippen molar-refractivity contribution in [1.29, 1.82) is 0 Å². The molecule has 78 valence electrons. The minimum atomic E-state index is -0.253. The fraction of sp³-hybridized carbons (Fsp3) is 0.455. The molecular weight excluding hydrogens is 219 g/mol. The molecule has 0 fully saturated rings. The molecule has 0 spiro atoms. The van der Waals surface area contributed by atoms with Crippen molar-refractivity contribution >= 4 is 23.2 Å². The van der Waals surface area contributed by atoms with E-state index in [4.69, 9.17) is 28.3 Å². The van der Waals surface area contributed by atoms with E-state index in [1.54, 1.807) is 6.92 Å². The summed E-state index contributed by atoms with van der Waals surface area (Å²) in [4.78, 5) is 0. The Morgan fingerprint density at radius 2 is 1.86 bits per heavy atom. The third kappa shape index (κ3) is 3.49. The quantitative estimate of drug-likeness (QED) is 0.840. The number of aliphatic hydroxyl groups excluding tert-OH is 1. The number of hydrogen-bond donors (Lipinski definition) is 1. The fourth-order valence-corrected chi connectivity index (χ4v) is 1.93. The van der Waals surface area contributed by atoms with E-state index in [2.05, 4.69) is 0 Å². The Morgan fingerprint density at radius 3 is 2.36 bits per heavy atom. The van der Waals surface area contributed by atoms with E-state index in [-0.39, 0.29) is 6.10 Å². The van der Waals surface area contributed by atoms with Crippen molar-refractivity contribution < 1.29 is 5.11 Å². The molecule has 1 aromatic carbocycles. The Bertz CT molecular complexity index is 277. The van der Waals surface area contributed by atoms with Gasteiger partial charge in [0.1, 0.15) is 0 Å². The van der Waals surface area contributed by atoms with Crippen LogP contribution >= 0.6 is 23.2 Å². The molecule has 3 heteroatoms. The van der Waals surface area contributed by atoms with E-state index in [1.807, 2.05) is 18.2 Å². The van der Waals surface area contributed by atoms with E-state index in [1.165, 1.54) is 0 Å². The van der Waals surface area contributed by atoms with Gasteiger partial charge in [-0.2, -0.15) is 0 Å². The van der Waals surface area contributed by atoms with Gasteiger partial charge in [-0.3, -0.25) is 0 Å². The Morgan fingerprint density at radius 1 is 1.29 bits per heavy atom. The van der Waals surface area contributed by atoms with Crippen LogP contribution in [0.4, 0.5) is 0 Å². The number of rotatable bonds is 4. The summed E-state index contributed by atoms with van der Waals surface area (Å²) >= 11 is 12.0. The molecule has 0 aromatic heterocycles. The Hall–Kier alpha value is -0.240. The summed E-state index contributed by atoms with van der Waals surface area (Å²) in [5, 5.41) is 10.5. The number of benzene rings is 1. The van der Waals surface area contributed by atoms with Crippen molar-refractivity contribution in [1.82, 2.24) is 0 Å². The van der Waals surface area contributed by atoms with Crippen LogP contribution in [0.5, 0.6) is 0 Å². The summed E-state index contributed by atoms with van der Waals surface area (Å²) in [7, 11) is 0. The minimum Gasteiger partial charge on any atom is -0.393 e. The van der Waals surface area contributed by atoms with Crippen LogP contribution in [0.2, 0.25) is 10.0 Å². The smallest absolute Gasteiger partial charge is 0.0512 e. The molecule has 1 nitrogen and oxygen atoms in total. The van der Waals surface area contributed by atoms with Gasteiger partial charge in [0, 0.05) is 10.0 Å². The van der Waals surface area contributed by atoms with Gasteiger partial charge in [0.15, 0.2) is 0 Å². The molecule has 1 rings (SSSR count). The van der Waals surface area contributed by atoms with Gasteiger partial charge in [0.25, 0.3) is 0 Å². The maximum Gasteiger partial charge on any atom is 0.0512 e. The Labute approximate surface area is 94.7 Å². The monoisotopic (exact) mass is 232 g/mol. The molecule has 0 amide bonds. The van der Waals surface area contributed by atoms with Gasteiger partial charge in [-0.25, -0.2) is 0 Å². The fourth-order valence-electron chi connectivity index (χ4n) is 1.35. The standard InChI is InChI=1S/C11H14Cl2O/c1-8(14)4-2-5-9-10(12)6-3-7-11(9)13/h3,6-8,14H,2,4-5H2,1H3. The molecule has 0 radical (unpaired) electrons. The highest BCUT2D eigenvalue weighted by Gasteiger charge is 2.05. The van der Waals surface area contributed by atoms with E-state index in [9.17, 15) is 0 Å². The van der Waals surface area contributed by atoms with Gasteiger partial charge in [0.2, 0.25) is 0 Å². The first-order valence-electron chi connectivity index (χ1n) is 4.72. The lowest BCUT2D eigenvalue weighted by Gasteiger charge is -2.07. The maximum absolute atomic E-state index is 9.10. The number of halogens is 2. The average molecular weight is 233 g/mol. The SMILES string of the molecule is CC(O)CCCc1c(Cl)cccc1Cl. The summed E-state index contributed by atoms with van der Waals surface area (Å²) in [5.74, 6) is 0. The minimum absolute atomic E-state index is 0.253. The van der Waals surface area contributed by atoms with Gasteiger partial charge >= 0.3 is 0 Å². The van der Waals surface area contributed by atoms with E-state index < -0.39 is 0 Å². The van der Waals surface area contributed by atoms with Crippen molar-refractivity contribution in [3.8, 4) is 0 Å². The largest absolute Gasteiger partial charge is 0.393 e. The molecule has 0 bridgehead atoms. The lowest BCUT2D eigenvalue weighted by Crippen LogP contribution is -2.00. The molecule has 14 heavy (non-hydrogen) atoms. The predicted molar refractivity (Wildman–Crippen MR) is 61.1 cm³/mol. The zero-order valence-electron chi connectivity index (χ0n) is 8.13. The van der Waals surface area contributed by atoms with E-state index >= 15 is 0 Å². The normalized spacial score (nSPS) is 12.9. The lowest BCUT2D eigenvalue weighted by molar-refractivity contribution is 0.182. The van der Waals surface area contributed by atoms with Crippen molar-refractivity contribution in [2.75, 3.05) is 0 Å². The van der Waals surface area contributed by atoms with E-state index in [0.29, 0.717) is 10.0 Å². The highest BCUT2D eigenvalue weighted by molar-refractivity contribution is 6.35. The Balaban J connectivity index is 2.58. The van der Waals surface area contributed by atoms with Crippen molar-refractivity contribution in [2.45, 2.75) is 32.3 Å². The zero-order valence-corrected chi connectivity index (χ0v) is 9.65. The van der Waals surface area contributed by atoms with Crippen molar-refractivity contribution in [3.05, 3.63) is 33.8 Å². The summed E-state index contributed by atoms with van der Waals surface area (Å²) in [6.45, 7) is 1.79. The number of aliphatic hydroxyl groups is 1. The molecule has 1 atom stereocenters. The highest BCUT2D eigenvalue weighted by Crippen LogP contribution is 2.25. The average Bonchev–Trinajstić information content (AvgIpc) is 2.09. The van der Waals surface area contributed by atoms with Crippen LogP contribution in [-0.2, 0) is 6.42 Å². The third-order valence-corrected chi connectivity index (χ3v) is 2.82. The van der Waals surface area contributed by atoms with Crippen LogP contribution in [0.25, 0.3) is 0 Å². The van der Waals surface area contributed by atoms with Gasteiger partial charge in [-0.05, 0) is 43.9 Å². The molecule has 0 aliphatic carbocycles. The first-order valence-corrected chi connectivity index (χ1v) is 5.48. The van der Waals surface area contributed by atoms with Crippen LogP contribution in [0.15, 0.2) is 18.2 Å². The van der Waals surface area contributed by atoms with Gasteiger partial charge in [-0.15, -0.1) is 0 Å². The number of hydrogen-bond acceptors (Lipinski definition) is 1. The van der Waals surface area contributed by atoms with Gasteiger partial charge in [-0.1, -0.05) is 29.3 Å². The summed E-state index contributed by atoms with van der Waals surface area (Å²) < 4.78 is 0. The van der Waals surface area contributed by atoms with Crippen LogP contribution in [-0.4, -0.2) is 11.2 Å².